The molecule has 0 radical (unpaired) electrons. The zero-order chi connectivity index (χ0) is 13.3. The number of nitrogens with zero attached hydrogens (tertiary/aromatic N) is 4. The standard InChI is InChI=1S/C11H19IN6/c1-7(2)6-17-10(12)9(5-13-17)11-14-15-16-18(11)8(3)4/h5,7-8,15-16H,6H2,1-4H3. The summed E-state index contributed by atoms with van der Waals surface area (Å²) < 4.78 is 3.15. The summed E-state index contributed by atoms with van der Waals surface area (Å²) in [6.45, 7) is 9.53. The molecule has 0 aromatic carbocycles. The molecule has 1 aromatic heterocycles. The highest BCUT2D eigenvalue weighted by Crippen LogP contribution is 2.17. The lowest BCUT2D eigenvalue weighted by Gasteiger charge is -2.22. The van der Waals surface area contributed by atoms with E-state index in [0.717, 1.165) is 21.6 Å². The van der Waals surface area contributed by atoms with Crippen LogP contribution >= 0.6 is 22.6 Å². The second-order valence-corrected chi connectivity index (χ2v) is 6.07. The lowest BCUT2D eigenvalue weighted by Crippen LogP contribution is -2.45. The second kappa shape index (κ2) is 5.43. The Morgan fingerprint density at radius 3 is 2.67 bits per heavy atom. The van der Waals surface area contributed by atoms with Gasteiger partial charge in [-0.2, -0.15) is 5.10 Å². The average Bonchev–Trinajstić information content (AvgIpc) is 2.86. The molecule has 0 saturated heterocycles. The molecule has 0 bridgehead atoms. The minimum absolute atomic E-state index is 0.322. The normalized spacial score (nSPS) is 15.5. The molecule has 2 N–H and O–H groups in total. The molecule has 100 valence electrons. The summed E-state index contributed by atoms with van der Waals surface area (Å²) in [5.74, 6) is 1.47. The molecule has 0 atom stereocenters. The molecule has 0 saturated carbocycles. The molecular formula is C11H19IN6. The highest BCUT2D eigenvalue weighted by Gasteiger charge is 2.25. The smallest absolute Gasteiger partial charge is 0.177 e. The maximum Gasteiger partial charge on any atom is 0.177 e. The fourth-order valence-corrected chi connectivity index (χ4v) is 2.50. The van der Waals surface area contributed by atoms with Crippen LogP contribution in [0.4, 0.5) is 0 Å². The van der Waals surface area contributed by atoms with Gasteiger partial charge in [0, 0.05) is 12.6 Å². The summed E-state index contributed by atoms with van der Waals surface area (Å²) in [6.07, 6.45) is 1.88. The number of hydrogen-bond donors (Lipinski definition) is 2. The van der Waals surface area contributed by atoms with Crippen molar-refractivity contribution < 1.29 is 0 Å². The molecule has 2 heterocycles. The van der Waals surface area contributed by atoms with Gasteiger partial charge >= 0.3 is 0 Å². The molecule has 0 fully saturated rings. The predicted octanol–water partition coefficient (Wildman–Crippen LogP) is 1.54. The second-order valence-electron chi connectivity index (χ2n) is 5.05. The van der Waals surface area contributed by atoms with Gasteiger partial charge in [-0.1, -0.05) is 13.8 Å². The van der Waals surface area contributed by atoms with Crippen molar-refractivity contribution in [2.75, 3.05) is 0 Å². The van der Waals surface area contributed by atoms with Crippen molar-refractivity contribution in [1.82, 2.24) is 25.9 Å². The van der Waals surface area contributed by atoms with Crippen LogP contribution in [0, 0.1) is 9.62 Å². The van der Waals surface area contributed by atoms with E-state index in [9.17, 15) is 0 Å². The molecule has 0 unspecified atom stereocenters. The Hall–Kier alpha value is -0.830. The largest absolute Gasteiger partial charge is 0.268 e. The first-order chi connectivity index (χ1) is 8.50. The fraction of sp³-hybridized carbons (Fsp3) is 0.636. The number of halogens is 1. The van der Waals surface area contributed by atoms with Crippen LogP contribution in [0.25, 0.3) is 0 Å². The van der Waals surface area contributed by atoms with Crippen molar-refractivity contribution in [2.45, 2.75) is 40.3 Å². The van der Waals surface area contributed by atoms with E-state index in [1.54, 1.807) is 0 Å². The van der Waals surface area contributed by atoms with Gasteiger partial charge < -0.3 is 0 Å². The number of rotatable bonds is 4. The highest BCUT2D eigenvalue weighted by molar-refractivity contribution is 14.1. The van der Waals surface area contributed by atoms with Crippen molar-refractivity contribution in [2.24, 2.45) is 11.0 Å². The average molecular weight is 362 g/mol. The summed E-state index contributed by atoms with van der Waals surface area (Å²) in [5, 5.41) is 10.7. The Balaban J connectivity index is 2.26. The molecule has 1 aliphatic rings. The molecule has 0 spiro atoms. The van der Waals surface area contributed by atoms with Gasteiger partial charge in [-0.05, 0) is 42.4 Å². The summed E-state index contributed by atoms with van der Waals surface area (Å²) in [6, 6.07) is 0.322. The van der Waals surface area contributed by atoms with Crippen LogP contribution in [-0.2, 0) is 6.54 Å². The number of hydrazone groups is 1. The Bertz CT molecular complexity index is 450. The van der Waals surface area contributed by atoms with Crippen LogP contribution in [0.3, 0.4) is 0 Å². The van der Waals surface area contributed by atoms with Crippen LogP contribution in [0.2, 0.25) is 0 Å². The van der Waals surface area contributed by atoms with E-state index in [0.29, 0.717) is 12.0 Å². The fourth-order valence-electron chi connectivity index (χ4n) is 1.80. The van der Waals surface area contributed by atoms with Gasteiger partial charge in [-0.3, -0.25) is 9.69 Å². The summed E-state index contributed by atoms with van der Waals surface area (Å²) in [4.78, 5) is 0. The first kappa shape index (κ1) is 13.6. The van der Waals surface area contributed by atoms with Gasteiger partial charge in [0.15, 0.2) is 5.84 Å². The predicted molar refractivity (Wildman–Crippen MR) is 79.6 cm³/mol. The molecule has 18 heavy (non-hydrogen) atoms. The number of nitrogens with one attached hydrogen (secondary N) is 2. The molecule has 1 aliphatic heterocycles. The van der Waals surface area contributed by atoms with E-state index in [-0.39, 0.29) is 0 Å². The van der Waals surface area contributed by atoms with E-state index in [1.807, 2.05) is 15.9 Å². The minimum Gasteiger partial charge on any atom is -0.268 e. The first-order valence-corrected chi connectivity index (χ1v) is 7.17. The van der Waals surface area contributed by atoms with Gasteiger partial charge in [0.25, 0.3) is 0 Å². The van der Waals surface area contributed by atoms with Crippen LogP contribution in [0.5, 0.6) is 0 Å². The van der Waals surface area contributed by atoms with E-state index >= 15 is 0 Å². The lowest BCUT2D eigenvalue weighted by molar-refractivity contribution is 0.246. The van der Waals surface area contributed by atoms with Gasteiger partial charge in [0.2, 0.25) is 0 Å². The number of hydrazine groups is 2. The summed E-state index contributed by atoms with van der Waals surface area (Å²) >= 11 is 2.33. The third-order valence-electron chi connectivity index (χ3n) is 2.63. The monoisotopic (exact) mass is 362 g/mol. The summed E-state index contributed by atoms with van der Waals surface area (Å²) in [5.41, 5.74) is 6.88. The van der Waals surface area contributed by atoms with Crippen molar-refractivity contribution >= 4 is 28.4 Å². The van der Waals surface area contributed by atoms with Crippen molar-refractivity contribution in [1.29, 1.82) is 0 Å². The van der Waals surface area contributed by atoms with Crippen LogP contribution in [-0.4, -0.2) is 26.7 Å². The zero-order valence-electron chi connectivity index (χ0n) is 11.1. The molecule has 6 nitrogen and oxygen atoms in total. The third-order valence-corrected chi connectivity index (χ3v) is 3.77. The maximum atomic E-state index is 4.44. The topological polar surface area (TPSA) is 57.5 Å². The van der Waals surface area contributed by atoms with Crippen LogP contribution < -0.4 is 11.1 Å². The van der Waals surface area contributed by atoms with Crippen molar-refractivity contribution in [3.63, 3.8) is 0 Å². The van der Waals surface area contributed by atoms with Crippen molar-refractivity contribution in [3.8, 4) is 0 Å². The van der Waals surface area contributed by atoms with E-state index in [4.69, 9.17) is 0 Å². The Morgan fingerprint density at radius 1 is 1.33 bits per heavy atom. The Labute approximate surface area is 121 Å². The van der Waals surface area contributed by atoms with E-state index in [1.165, 1.54) is 0 Å². The lowest BCUT2D eigenvalue weighted by atomic mass is 10.2. The third kappa shape index (κ3) is 2.61. The van der Waals surface area contributed by atoms with Gasteiger partial charge in [0.1, 0.15) is 3.70 Å². The molecule has 2 rings (SSSR count). The summed E-state index contributed by atoms with van der Waals surface area (Å²) in [7, 11) is 0. The van der Waals surface area contributed by atoms with Crippen molar-refractivity contribution in [3.05, 3.63) is 15.5 Å². The number of hydrogen-bond acceptors (Lipinski definition) is 5. The van der Waals surface area contributed by atoms with E-state index in [2.05, 4.69) is 71.6 Å². The molecular weight excluding hydrogens is 343 g/mol. The number of amidine groups is 1. The Kier molecular flexibility index (Phi) is 4.10. The molecule has 1 aromatic rings. The SMILES string of the molecule is CC(C)Cn1ncc(C2=NNNN2C(C)C)c1I. The molecule has 0 aliphatic carbocycles. The van der Waals surface area contributed by atoms with E-state index < -0.39 is 0 Å². The first-order valence-electron chi connectivity index (χ1n) is 6.10. The minimum atomic E-state index is 0.322. The highest BCUT2D eigenvalue weighted by atomic mass is 127. The van der Waals surface area contributed by atoms with Gasteiger partial charge in [0.05, 0.1) is 11.8 Å². The molecule has 0 amide bonds. The van der Waals surface area contributed by atoms with Gasteiger partial charge in [-0.25, -0.2) is 5.53 Å². The number of aromatic nitrogens is 2. The molecule has 7 heteroatoms. The quantitative estimate of drug-likeness (QED) is 0.798. The van der Waals surface area contributed by atoms with Gasteiger partial charge in [-0.15, -0.1) is 10.6 Å². The van der Waals surface area contributed by atoms with Crippen LogP contribution in [0.1, 0.15) is 33.3 Å². The maximum absolute atomic E-state index is 4.44. The Morgan fingerprint density at radius 2 is 2.06 bits per heavy atom. The van der Waals surface area contributed by atoms with Crippen LogP contribution in [0.15, 0.2) is 11.3 Å². The zero-order valence-corrected chi connectivity index (χ0v) is 13.3.